The summed E-state index contributed by atoms with van der Waals surface area (Å²) in [5.41, 5.74) is 4.50. The number of carbonyl (C=O) groups is 2. The van der Waals surface area contributed by atoms with Crippen LogP contribution < -0.4 is 9.47 Å². The van der Waals surface area contributed by atoms with Gasteiger partial charge in [0.25, 0.3) is 5.91 Å². The highest BCUT2D eigenvalue weighted by Crippen LogP contribution is 2.23. The second-order valence-corrected chi connectivity index (χ2v) is 8.75. The number of hydrogen-bond acceptors (Lipinski definition) is 4. The van der Waals surface area contributed by atoms with Gasteiger partial charge in [-0.3, -0.25) is 4.79 Å². The van der Waals surface area contributed by atoms with Crippen LogP contribution in [-0.4, -0.2) is 42.1 Å². The maximum Gasteiger partial charge on any atom is 0.345 e. The van der Waals surface area contributed by atoms with Gasteiger partial charge in [-0.25, -0.2) is 4.79 Å². The first kappa shape index (κ1) is 25.5. The molecule has 0 aromatic heterocycles. The van der Waals surface area contributed by atoms with Gasteiger partial charge in [-0.2, -0.15) is 0 Å². The van der Waals surface area contributed by atoms with E-state index in [1.807, 2.05) is 60.7 Å². The first-order valence-electron chi connectivity index (χ1n) is 11.9. The summed E-state index contributed by atoms with van der Waals surface area (Å²) in [5.74, 6) is 0.163. The Morgan fingerprint density at radius 1 is 0.784 bits per heavy atom. The predicted molar refractivity (Wildman–Crippen MR) is 143 cm³/mol. The van der Waals surface area contributed by atoms with Crippen molar-refractivity contribution in [3.8, 4) is 22.6 Å². The molecule has 6 heteroatoms. The summed E-state index contributed by atoms with van der Waals surface area (Å²) in [7, 11) is 3.38. The molecule has 0 radical (unpaired) electrons. The first-order chi connectivity index (χ1) is 17.9. The Kier molecular flexibility index (Phi) is 8.21. The van der Waals surface area contributed by atoms with Gasteiger partial charge in [0.05, 0.1) is 7.11 Å². The molecule has 0 aliphatic rings. The van der Waals surface area contributed by atoms with Crippen LogP contribution in [0.3, 0.4) is 0 Å². The molecular weight excluding hydrogens is 466 g/mol. The van der Waals surface area contributed by atoms with E-state index in [-0.39, 0.29) is 12.3 Å². The molecule has 0 saturated heterocycles. The van der Waals surface area contributed by atoms with Gasteiger partial charge in [0.1, 0.15) is 11.5 Å². The number of aliphatic carboxylic acids is 1. The lowest BCUT2D eigenvalue weighted by Gasteiger charge is -2.18. The van der Waals surface area contributed by atoms with Gasteiger partial charge in [0, 0.05) is 25.6 Å². The molecule has 1 atom stereocenters. The molecule has 1 amide bonds. The van der Waals surface area contributed by atoms with Gasteiger partial charge in [-0.05, 0) is 64.7 Å². The van der Waals surface area contributed by atoms with E-state index in [2.05, 4.69) is 6.07 Å². The van der Waals surface area contributed by atoms with E-state index in [0.29, 0.717) is 23.6 Å². The lowest BCUT2D eigenvalue weighted by Crippen LogP contribution is -2.29. The second kappa shape index (κ2) is 11.9. The normalized spacial score (nSPS) is 11.4. The Balaban J connectivity index is 1.42. The van der Waals surface area contributed by atoms with E-state index in [0.717, 1.165) is 22.3 Å². The summed E-state index contributed by atoms with van der Waals surface area (Å²) in [6, 6.07) is 31.9. The fourth-order valence-corrected chi connectivity index (χ4v) is 4.04. The number of ether oxygens (including phenoxy) is 2. The van der Waals surface area contributed by atoms with Crippen molar-refractivity contribution in [3.63, 3.8) is 0 Å². The monoisotopic (exact) mass is 495 g/mol. The molecule has 4 rings (SSSR count). The molecule has 0 aliphatic carbocycles. The number of methoxy groups -OCH3 is 1. The topological polar surface area (TPSA) is 76.1 Å². The summed E-state index contributed by atoms with van der Waals surface area (Å²) < 4.78 is 10.8. The summed E-state index contributed by atoms with van der Waals surface area (Å²) in [6.45, 7) is 0.466. The molecule has 37 heavy (non-hydrogen) atoms. The summed E-state index contributed by atoms with van der Waals surface area (Å²) in [5, 5.41) is 9.61. The molecular formula is C31H29NO5. The average Bonchev–Trinajstić information content (AvgIpc) is 2.93. The van der Waals surface area contributed by atoms with E-state index in [4.69, 9.17) is 9.47 Å². The minimum Gasteiger partial charge on any atom is -0.497 e. The number of hydrogen-bond donors (Lipinski definition) is 1. The maximum absolute atomic E-state index is 12.8. The third kappa shape index (κ3) is 6.76. The van der Waals surface area contributed by atoms with Crippen LogP contribution in [-0.2, 0) is 17.8 Å². The SMILES string of the molecule is COc1ccc(C(=O)N(C)Cc2cccc(-c3ccc(C[C@H](Oc4ccccc4)C(=O)O)cc3)c2)cc1. The molecule has 0 heterocycles. The first-order valence-corrected chi connectivity index (χ1v) is 11.9. The van der Waals surface area contributed by atoms with Gasteiger partial charge < -0.3 is 19.5 Å². The van der Waals surface area contributed by atoms with Crippen molar-refractivity contribution >= 4 is 11.9 Å². The van der Waals surface area contributed by atoms with Crippen molar-refractivity contribution in [3.05, 3.63) is 120 Å². The number of benzene rings is 4. The summed E-state index contributed by atoms with van der Waals surface area (Å²) in [4.78, 5) is 26.2. The minimum atomic E-state index is -1.01. The van der Waals surface area contributed by atoms with E-state index < -0.39 is 12.1 Å². The van der Waals surface area contributed by atoms with Crippen molar-refractivity contribution in [1.29, 1.82) is 0 Å². The predicted octanol–water partition coefficient (Wildman–Crippen LogP) is 5.71. The molecule has 0 fully saturated rings. The molecule has 0 spiro atoms. The van der Waals surface area contributed by atoms with Crippen molar-refractivity contribution in [2.75, 3.05) is 14.2 Å². The Labute approximate surface area is 216 Å². The molecule has 0 aliphatic heterocycles. The molecule has 188 valence electrons. The Morgan fingerprint density at radius 3 is 2.14 bits per heavy atom. The lowest BCUT2D eigenvalue weighted by molar-refractivity contribution is -0.145. The van der Waals surface area contributed by atoms with Gasteiger partial charge in [-0.1, -0.05) is 60.7 Å². The maximum atomic E-state index is 12.8. The second-order valence-electron chi connectivity index (χ2n) is 8.75. The number of para-hydroxylation sites is 1. The highest BCUT2D eigenvalue weighted by Gasteiger charge is 2.20. The van der Waals surface area contributed by atoms with Gasteiger partial charge in [0.2, 0.25) is 0 Å². The smallest absolute Gasteiger partial charge is 0.345 e. The van der Waals surface area contributed by atoms with Crippen LogP contribution in [0.5, 0.6) is 11.5 Å². The zero-order valence-corrected chi connectivity index (χ0v) is 20.8. The van der Waals surface area contributed by atoms with Crippen LogP contribution in [0, 0.1) is 0 Å². The van der Waals surface area contributed by atoms with E-state index in [1.54, 1.807) is 55.5 Å². The standard InChI is InChI=1S/C31H29NO5/c1-32(30(33)25-15-17-27(36-2)18-16-25)21-23-7-6-8-26(19-23)24-13-11-22(12-14-24)20-29(31(34)35)37-28-9-4-3-5-10-28/h3-19,29H,20-21H2,1-2H3,(H,34,35)/t29-/m0/s1. The van der Waals surface area contributed by atoms with Crippen LogP contribution in [0.2, 0.25) is 0 Å². The molecule has 4 aromatic carbocycles. The van der Waals surface area contributed by atoms with Gasteiger partial charge in [-0.15, -0.1) is 0 Å². The zero-order valence-electron chi connectivity index (χ0n) is 20.8. The highest BCUT2D eigenvalue weighted by atomic mass is 16.5. The average molecular weight is 496 g/mol. The third-order valence-electron chi connectivity index (χ3n) is 6.04. The van der Waals surface area contributed by atoms with Crippen LogP contribution in [0.1, 0.15) is 21.5 Å². The van der Waals surface area contributed by atoms with Crippen LogP contribution in [0.15, 0.2) is 103 Å². The molecule has 4 aromatic rings. The number of amides is 1. The number of nitrogens with zero attached hydrogens (tertiary/aromatic N) is 1. The quantitative estimate of drug-likeness (QED) is 0.305. The molecule has 1 N–H and O–H groups in total. The fraction of sp³-hybridized carbons (Fsp3) is 0.161. The van der Waals surface area contributed by atoms with Crippen LogP contribution in [0.25, 0.3) is 11.1 Å². The van der Waals surface area contributed by atoms with Crippen molar-refractivity contribution in [2.45, 2.75) is 19.1 Å². The number of carboxylic acids is 1. The Morgan fingerprint density at radius 2 is 1.49 bits per heavy atom. The third-order valence-corrected chi connectivity index (χ3v) is 6.04. The van der Waals surface area contributed by atoms with Crippen molar-refractivity contribution < 1.29 is 24.2 Å². The Bertz CT molecular complexity index is 1330. The number of carbonyl (C=O) groups excluding carboxylic acids is 1. The van der Waals surface area contributed by atoms with E-state index in [9.17, 15) is 14.7 Å². The minimum absolute atomic E-state index is 0.0666. The number of rotatable bonds is 10. The van der Waals surface area contributed by atoms with Crippen LogP contribution in [0.4, 0.5) is 0 Å². The fourth-order valence-electron chi connectivity index (χ4n) is 4.04. The Hall–Kier alpha value is -4.58. The highest BCUT2D eigenvalue weighted by molar-refractivity contribution is 5.94. The van der Waals surface area contributed by atoms with E-state index in [1.165, 1.54) is 0 Å². The van der Waals surface area contributed by atoms with E-state index >= 15 is 0 Å². The van der Waals surface area contributed by atoms with Gasteiger partial charge in [0.15, 0.2) is 6.10 Å². The molecule has 0 unspecified atom stereocenters. The molecule has 0 saturated carbocycles. The molecule has 0 bridgehead atoms. The lowest BCUT2D eigenvalue weighted by atomic mass is 9.99. The zero-order chi connectivity index (χ0) is 26.2. The van der Waals surface area contributed by atoms with Crippen molar-refractivity contribution in [1.82, 2.24) is 4.90 Å². The largest absolute Gasteiger partial charge is 0.497 e. The summed E-state index contributed by atoms with van der Waals surface area (Å²) in [6.07, 6.45) is -0.724. The molecule has 6 nitrogen and oxygen atoms in total. The van der Waals surface area contributed by atoms with Crippen LogP contribution >= 0.6 is 0 Å². The number of carboxylic acid groups (broad SMARTS) is 1. The summed E-state index contributed by atoms with van der Waals surface area (Å²) >= 11 is 0. The van der Waals surface area contributed by atoms with Crippen molar-refractivity contribution in [2.24, 2.45) is 0 Å². The van der Waals surface area contributed by atoms with Gasteiger partial charge >= 0.3 is 5.97 Å².